The Hall–Kier alpha value is -4.18. The van der Waals surface area contributed by atoms with Crippen molar-refractivity contribution in [3.63, 3.8) is 0 Å². The highest BCUT2D eigenvalue weighted by Crippen LogP contribution is 2.32. The van der Waals surface area contributed by atoms with Crippen LogP contribution in [0.5, 0.6) is 0 Å². The summed E-state index contributed by atoms with van der Waals surface area (Å²) < 4.78 is 19.8. The predicted octanol–water partition coefficient (Wildman–Crippen LogP) is 4.64. The number of aromatic nitrogens is 5. The maximum atomic E-state index is 14.2. The molecular weight excluding hydrogens is 485 g/mol. The summed E-state index contributed by atoms with van der Waals surface area (Å²) in [7, 11) is 0. The lowest BCUT2D eigenvalue weighted by Crippen LogP contribution is -2.40. The number of H-pyrrole nitrogens is 1. The number of carbonyl (C=O) groups excluding carboxylic acids is 1. The number of carbonyl (C=O) groups is 1. The van der Waals surface area contributed by atoms with Crippen molar-refractivity contribution in [1.82, 2.24) is 25.6 Å². The number of aromatic amines is 1. The molecule has 10 heteroatoms. The lowest BCUT2D eigenvalue weighted by Gasteiger charge is -2.35. The number of nitrogens with one attached hydrogen (secondary N) is 2. The van der Waals surface area contributed by atoms with E-state index in [4.69, 9.17) is 9.72 Å². The zero-order valence-corrected chi connectivity index (χ0v) is 21.2. The van der Waals surface area contributed by atoms with Crippen molar-refractivity contribution in [2.45, 2.75) is 38.6 Å². The van der Waals surface area contributed by atoms with Crippen LogP contribution >= 0.6 is 0 Å². The Balaban J connectivity index is 1.54. The molecule has 0 unspecified atom stereocenters. The first kappa shape index (κ1) is 25.5. The van der Waals surface area contributed by atoms with E-state index in [0.717, 1.165) is 48.3 Å². The number of ether oxygens (including phenoxy) is 1. The summed E-state index contributed by atoms with van der Waals surface area (Å²) in [5, 5.41) is 17.2. The van der Waals surface area contributed by atoms with Crippen LogP contribution in [-0.2, 0) is 16.0 Å². The molecule has 2 aromatic carbocycles. The molecule has 3 heterocycles. The normalized spacial score (nSPS) is 13.8. The fourth-order valence-electron chi connectivity index (χ4n) is 4.80. The molecule has 4 aromatic rings. The molecule has 0 radical (unpaired) electrons. The van der Waals surface area contributed by atoms with Crippen molar-refractivity contribution < 1.29 is 13.9 Å². The average Bonchev–Trinajstić information content (AvgIpc) is 3.48. The second kappa shape index (κ2) is 11.9. The van der Waals surface area contributed by atoms with Gasteiger partial charge in [-0.25, -0.2) is 9.37 Å². The van der Waals surface area contributed by atoms with E-state index in [1.54, 1.807) is 18.2 Å². The second-order valence-electron chi connectivity index (χ2n) is 9.24. The van der Waals surface area contributed by atoms with Crippen LogP contribution in [0.4, 0.5) is 15.9 Å². The van der Waals surface area contributed by atoms with Gasteiger partial charge in [-0.3, -0.25) is 4.79 Å². The van der Waals surface area contributed by atoms with Crippen LogP contribution in [0.2, 0.25) is 0 Å². The van der Waals surface area contributed by atoms with Gasteiger partial charge in [-0.1, -0.05) is 43.3 Å². The van der Waals surface area contributed by atoms with Gasteiger partial charge in [0, 0.05) is 36.9 Å². The zero-order valence-electron chi connectivity index (χ0n) is 21.2. The summed E-state index contributed by atoms with van der Waals surface area (Å²) in [5.74, 6) is 0.478. The number of amides is 1. The molecule has 5 rings (SSSR count). The van der Waals surface area contributed by atoms with Crippen molar-refractivity contribution in [3.05, 3.63) is 72.0 Å². The first-order chi connectivity index (χ1) is 18.6. The molecule has 0 bridgehead atoms. The highest BCUT2D eigenvalue weighted by molar-refractivity contribution is 5.92. The average molecular weight is 516 g/mol. The van der Waals surface area contributed by atoms with Gasteiger partial charge in [0.25, 0.3) is 0 Å². The van der Waals surface area contributed by atoms with Crippen LogP contribution in [0, 0.1) is 5.82 Å². The minimum absolute atomic E-state index is 0.0645. The van der Waals surface area contributed by atoms with Crippen molar-refractivity contribution in [2.24, 2.45) is 0 Å². The third-order valence-electron chi connectivity index (χ3n) is 6.56. The SMILES string of the molecule is CCCN(c1cc(CC(=O)Nc2ccccc2F)cc(-c2ccccc2-c2nn[nH]n2)n1)C1CCOCC1. The molecule has 2 N–H and O–H groups in total. The van der Waals surface area contributed by atoms with Gasteiger partial charge >= 0.3 is 0 Å². The maximum Gasteiger partial charge on any atom is 0.228 e. The molecule has 9 nitrogen and oxygen atoms in total. The largest absolute Gasteiger partial charge is 0.381 e. The van der Waals surface area contributed by atoms with Crippen LogP contribution in [-0.4, -0.2) is 57.3 Å². The van der Waals surface area contributed by atoms with Crippen LogP contribution < -0.4 is 10.2 Å². The number of tetrazole rings is 1. The first-order valence-electron chi connectivity index (χ1n) is 12.9. The number of pyridine rings is 1. The lowest BCUT2D eigenvalue weighted by molar-refractivity contribution is -0.115. The van der Waals surface area contributed by atoms with Gasteiger partial charge < -0.3 is 15.0 Å². The molecular formula is C28H30FN7O2. The summed E-state index contributed by atoms with van der Waals surface area (Å²) in [5.41, 5.74) is 3.24. The molecule has 1 fully saturated rings. The minimum Gasteiger partial charge on any atom is -0.381 e. The number of hydrogen-bond acceptors (Lipinski definition) is 7. The summed E-state index contributed by atoms with van der Waals surface area (Å²) in [4.78, 5) is 20.4. The Morgan fingerprint density at radius 1 is 1.11 bits per heavy atom. The fourth-order valence-corrected chi connectivity index (χ4v) is 4.80. The number of benzene rings is 2. The summed E-state index contributed by atoms with van der Waals surface area (Å²) in [6.07, 6.45) is 2.84. The van der Waals surface area contributed by atoms with E-state index in [-0.39, 0.29) is 18.0 Å². The predicted molar refractivity (Wildman–Crippen MR) is 143 cm³/mol. The summed E-state index contributed by atoms with van der Waals surface area (Å²) >= 11 is 0. The number of para-hydroxylation sites is 1. The van der Waals surface area contributed by atoms with Crippen molar-refractivity contribution in [3.8, 4) is 22.6 Å². The second-order valence-corrected chi connectivity index (χ2v) is 9.24. The molecule has 0 spiro atoms. The third-order valence-corrected chi connectivity index (χ3v) is 6.56. The summed E-state index contributed by atoms with van der Waals surface area (Å²) in [6, 6.07) is 18.0. The maximum absolute atomic E-state index is 14.2. The molecule has 1 amide bonds. The summed E-state index contributed by atoms with van der Waals surface area (Å²) in [6.45, 7) is 4.39. The van der Waals surface area contributed by atoms with Crippen LogP contribution in [0.3, 0.4) is 0 Å². The van der Waals surface area contributed by atoms with Crippen molar-refractivity contribution in [2.75, 3.05) is 30.0 Å². The van der Waals surface area contributed by atoms with Crippen molar-refractivity contribution >= 4 is 17.4 Å². The van der Waals surface area contributed by atoms with Crippen LogP contribution in [0.15, 0.2) is 60.7 Å². The number of hydrogen-bond donors (Lipinski definition) is 2. The van der Waals surface area contributed by atoms with E-state index in [1.807, 2.05) is 36.4 Å². The van der Waals surface area contributed by atoms with Gasteiger partial charge in [0.2, 0.25) is 11.7 Å². The highest BCUT2D eigenvalue weighted by Gasteiger charge is 2.24. The minimum atomic E-state index is -0.473. The molecule has 38 heavy (non-hydrogen) atoms. The van der Waals surface area contributed by atoms with Crippen LogP contribution in [0.25, 0.3) is 22.6 Å². The third kappa shape index (κ3) is 5.86. The Morgan fingerprint density at radius 3 is 2.61 bits per heavy atom. The Bertz CT molecular complexity index is 1370. The topological polar surface area (TPSA) is 109 Å². The molecule has 1 aliphatic heterocycles. The zero-order chi connectivity index (χ0) is 26.3. The highest BCUT2D eigenvalue weighted by atomic mass is 19.1. The van der Waals surface area contributed by atoms with E-state index < -0.39 is 5.82 Å². The van der Waals surface area contributed by atoms with Gasteiger partial charge in [-0.05, 0) is 54.3 Å². The van der Waals surface area contributed by atoms with E-state index >= 15 is 0 Å². The smallest absolute Gasteiger partial charge is 0.228 e. The molecule has 0 aliphatic carbocycles. The van der Waals surface area contributed by atoms with Gasteiger partial charge in [0.15, 0.2) is 0 Å². The Labute approximate surface area is 220 Å². The van der Waals surface area contributed by atoms with E-state index in [2.05, 4.69) is 37.8 Å². The molecule has 1 aliphatic rings. The number of nitrogens with zero attached hydrogens (tertiary/aromatic N) is 5. The van der Waals surface area contributed by atoms with E-state index in [1.165, 1.54) is 6.07 Å². The molecule has 2 aromatic heterocycles. The Kier molecular flexibility index (Phi) is 7.98. The quantitative estimate of drug-likeness (QED) is 0.334. The molecule has 196 valence electrons. The molecule has 0 saturated carbocycles. The van der Waals surface area contributed by atoms with Gasteiger partial charge in [-0.2, -0.15) is 5.21 Å². The molecule has 1 saturated heterocycles. The molecule has 0 atom stereocenters. The lowest BCUT2D eigenvalue weighted by atomic mass is 10.0. The first-order valence-corrected chi connectivity index (χ1v) is 12.9. The van der Waals surface area contributed by atoms with E-state index in [9.17, 15) is 9.18 Å². The fraction of sp³-hybridized carbons (Fsp3) is 0.321. The Morgan fingerprint density at radius 2 is 1.87 bits per heavy atom. The van der Waals surface area contributed by atoms with E-state index in [0.29, 0.717) is 30.8 Å². The van der Waals surface area contributed by atoms with Gasteiger partial charge in [0.05, 0.1) is 17.8 Å². The number of anilines is 2. The van der Waals surface area contributed by atoms with Gasteiger partial charge in [0.1, 0.15) is 11.6 Å². The van der Waals surface area contributed by atoms with Crippen LogP contribution in [0.1, 0.15) is 31.7 Å². The standard InChI is InChI=1S/C28H30FN7O2/c1-2-13-36(20-11-14-38-15-12-20)26-17-19(18-27(37)31-24-10-6-5-9-23(24)29)16-25(30-26)21-7-3-4-8-22(21)28-32-34-35-33-28/h3-10,16-17,20H,2,11-15,18H2,1H3,(H,31,37)(H,32,33,34,35). The monoisotopic (exact) mass is 515 g/mol. The van der Waals surface area contributed by atoms with Gasteiger partial charge in [-0.15, -0.1) is 10.2 Å². The number of halogens is 1. The number of rotatable bonds is 9. The van der Waals surface area contributed by atoms with Crippen molar-refractivity contribution in [1.29, 1.82) is 0 Å².